The van der Waals surface area contributed by atoms with Crippen molar-refractivity contribution in [3.63, 3.8) is 0 Å². The molecule has 0 radical (unpaired) electrons. The second kappa shape index (κ2) is 9.70. The van der Waals surface area contributed by atoms with E-state index >= 15 is 0 Å². The van der Waals surface area contributed by atoms with Gasteiger partial charge in [-0.25, -0.2) is 0 Å². The highest BCUT2D eigenvalue weighted by atomic mass is 16.3. The van der Waals surface area contributed by atoms with Crippen molar-refractivity contribution >= 4 is 11.1 Å². The Hall–Kier alpha value is -2.90. The van der Waals surface area contributed by atoms with Crippen LogP contribution in [-0.2, 0) is 0 Å². The second-order valence-corrected chi connectivity index (χ2v) is 6.67. The number of rotatable bonds is 7. The van der Waals surface area contributed by atoms with E-state index in [4.69, 9.17) is 0 Å². The summed E-state index contributed by atoms with van der Waals surface area (Å²) in [7, 11) is 0. The summed E-state index contributed by atoms with van der Waals surface area (Å²) in [4.78, 5) is 0. The summed E-state index contributed by atoms with van der Waals surface area (Å²) >= 11 is 0. The molecular formula is C26H26O. The summed E-state index contributed by atoms with van der Waals surface area (Å²) in [6.07, 6.45) is 5.25. The lowest BCUT2D eigenvalue weighted by Gasteiger charge is -2.12. The standard InChI is InChI=1S/C26H26O/c1-21(22-13-5-2-6-14-22)25(23-15-7-3-8-16-23)19-11-12-20-26(27)24-17-9-4-10-18-24/h2-18,26-27H,19-20H2,1H3/b12-11+,25-21-. The van der Waals surface area contributed by atoms with Gasteiger partial charge in [-0.2, -0.15) is 0 Å². The third kappa shape index (κ3) is 5.29. The zero-order valence-corrected chi connectivity index (χ0v) is 15.8. The molecule has 0 bridgehead atoms. The van der Waals surface area contributed by atoms with E-state index in [1.807, 2.05) is 42.5 Å². The Morgan fingerprint density at radius 3 is 1.85 bits per heavy atom. The van der Waals surface area contributed by atoms with E-state index in [-0.39, 0.29) is 0 Å². The first-order valence-electron chi connectivity index (χ1n) is 9.44. The Labute approximate surface area is 162 Å². The lowest BCUT2D eigenvalue weighted by molar-refractivity contribution is 0.181. The van der Waals surface area contributed by atoms with Crippen molar-refractivity contribution in [1.82, 2.24) is 0 Å². The second-order valence-electron chi connectivity index (χ2n) is 6.67. The van der Waals surface area contributed by atoms with Gasteiger partial charge in [0, 0.05) is 0 Å². The Balaban J connectivity index is 1.77. The average molecular weight is 354 g/mol. The molecular weight excluding hydrogens is 328 g/mol. The van der Waals surface area contributed by atoms with Gasteiger partial charge in [-0.3, -0.25) is 0 Å². The van der Waals surface area contributed by atoms with Gasteiger partial charge in [-0.1, -0.05) is 103 Å². The van der Waals surface area contributed by atoms with E-state index in [1.54, 1.807) is 0 Å². The van der Waals surface area contributed by atoms with Crippen molar-refractivity contribution in [3.8, 4) is 0 Å². The molecule has 0 aliphatic heterocycles. The molecule has 3 rings (SSSR count). The minimum Gasteiger partial charge on any atom is -0.388 e. The summed E-state index contributed by atoms with van der Waals surface area (Å²) < 4.78 is 0. The number of aliphatic hydroxyl groups excluding tert-OH is 1. The van der Waals surface area contributed by atoms with Crippen molar-refractivity contribution in [1.29, 1.82) is 0 Å². The van der Waals surface area contributed by atoms with Crippen LogP contribution in [0.3, 0.4) is 0 Å². The highest BCUT2D eigenvalue weighted by Crippen LogP contribution is 2.29. The van der Waals surface area contributed by atoms with E-state index in [0.717, 1.165) is 12.0 Å². The van der Waals surface area contributed by atoms with E-state index in [0.29, 0.717) is 6.42 Å². The molecule has 0 saturated heterocycles. The normalized spacial score (nSPS) is 13.4. The molecule has 0 aromatic heterocycles. The maximum Gasteiger partial charge on any atom is 0.0824 e. The summed E-state index contributed by atoms with van der Waals surface area (Å²) in [6.45, 7) is 2.18. The summed E-state index contributed by atoms with van der Waals surface area (Å²) in [5.74, 6) is 0. The molecule has 1 atom stereocenters. The minimum absolute atomic E-state index is 0.457. The fraction of sp³-hybridized carbons (Fsp3) is 0.154. The SMILES string of the molecule is C/C(=C(\C/C=C/CC(O)c1ccccc1)c1ccccc1)c1ccccc1. The Morgan fingerprint density at radius 2 is 1.26 bits per heavy atom. The van der Waals surface area contributed by atoms with Gasteiger partial charge >= 0.3 is 0 Å². The van der Waals surface area contributed by atoms with Crippen LogP contribution in [0.1, 0.15) is 42.6 Å². The van der Waals surface area contributed by atoms with Gasteiger partial charge in [-0.15, -0.1) is 0 Å². The van der Waals surface area contributed by atoms with Crippen LogP contribution in [0, 0.1) is 0 Å². The first kappa shape index (κ1) is 18.9. The van der Waals surface area contributed by atoms with Crippen molar-refractivity contribution in [2.75, 3.05) is 0 Å². The molecule has 0 spiro atoms. The van der Waals surface area contributed by atoms with Crippen LogP contribution in [0.5, 0.6) is 0 Å². The first-order valence-corrected chi connectivity index (χ1v) is 9.44. The van der Waals surface area contributed by atoms with Gasteiger partial charge in [0.15, 0.2) is 0 Å². The fourth-order valence-electron chi connectivity index (χ4n) is 3.23. The summed E-state index contributed by atoms with van der Waals surface area (Å²) in [5.41, 5.74) is 6.05. The van der Waals surface area contributed by atoms with Gasteiger partial charge in [0.05, 0.1) is 6.10 Å². The highest BCUT2D eigenvalue weighted by Gasteiger charge is 2.07. The van der Waals surface area contributed by atoms with Crippen molar-refractivity contribution in [2.24, 2.45) is 0 Å². The third-order valence-corrected chi connectivity index (χ3v) is 4.81. The zero-order valence-electron chi connectivity index (χ0n) is 15.8. The van der Waals surface area contributed by atoms with E-state index in [9.17, 15) is 5.11 Å². The molecule has 27 heavy (non-hydrogen) atoms. The van der Waals surface area contributed by atoms with Crippen LogP contribution >= 0.6 is 0 Å². The molecule has 136 valence electrons. The smallest absolute Gasteiger partial charge is 0.0824 e. The molecule has 0 amide bonds. The topological polar surface area (TPSA) is 20.2 Å². The number of hydrogen-bond acceptors (Lipinski definition) is 1. The highest BCUT2D eigenvalue weighted by molar-refractivity contribution is 5.90. The van der Waals surface area contributed by atoms with Crippen LogP contribution in [0.4, 0.5) is 0 Å². The quantitative estimate of drug-likeness (QED) is 0.370. The van der Waals surface area contributed by atoms with Gasteiger partial charge in [0.1, 0.15) is 0 Å². The number of benzene rings is 3. The molecule has 0 heterocycles. The first-order chi connectivity index (χ1) is 13.3. The monoisotopic (exact) mass is 354 g/mol. The van der Waals surface area contributed by atoms with Gasteiger partial charge in [0.2, 0.25) is 0 Å². The van der Waals surface area contributed by atoms with Crippen molar-refractivity contribution in [2.45, 2.75) is 25.9 Å². The largest absolute Gasteiger partial charge is 0.388 e. The third-order valence-electron chi connectivity index (χ3n) is 4.81. The predicted octanol–water partition coefficient (Wildman–Crippen LogP) is 6.69. The maximum atomic E-state index is 10.3. The molecule has 1 unspecified atom stereocenters. The van der Waals surface area contributed by atoms with E-state index in [2.05, 4.69) is 67.6 Å². The van der Waals surface area contributed by atoms with Crippen LogP contribution < -0.4 is 0 Å². The molecule has 1 nitrogen and oxygen atoms in total. The van der Waals surface area contributed by atoms with Gasteiger partial charge < -0.3 is 5.11 Å². The Morgan fingerprint density at radius 1 is 0.741 bits per heavy atom. The van der Waals surface area contributed by atoms with Crippen LogP contribution in [0.15, 0.2) is 103 Å². The van der Waals surface area contributed by atoms with E-state index in [1.165, 1.54) is 22.3 Å². The minimum atomic E-state index is -0.457. The molecule has 0 saturated carbocycles. The zero-order chi connectivity index (χ0) is 18.9. The lowest BCUT2D eigenvalue weighted by atomic mass is 9.93. The van der Waals surface area contributed by atoms with Gasteiger partial charge in [-0.05, 0) is 47.6 Å². The molecule has 3 aromatic carbocycles. The van der Waals surface area contributed by atoms with Crippen molar-refractivity contribution in [3.05, 3.63) is 120 Å². The van der Waals surface area contributed by atoms with Gasteiger partial charge in [0.25, 0.3) is 0 Å². The molecule has 1 heteroatoms. The maximum absolute atomic E-state index is 10.3. The number of aliphatic hydroxyl groups is 1. The fourth-order valence-corrected chi connectivity index (χ4v) is 3.23. The number of allylic oxidation sites excluding steroid dienone is 3. The van der Waals surface area contributed by atoms with Crippen molar-refractivity contribution < 1.29 is 5.11 Å². The van der Waals surface area contributed by atoms with Crippen LogP contribution in [0.25, 0.3) is 11.1 Å². The molecule has 3 aromatic rings. The van der Waals surface area contributed by atoms with Crippen LogP contribution in [-0.4, -0.2) is 5.11 Å². The summed E-state index contributed by atoms with van der Waals surface area (Å²) in [5, 5.41) is 10.3. The van der Waals surface area contributed by atoms with E-state index < -0.39 is 6.10 Å². The summed E-state index contributed by atoms with van der Waals surface area (Å²) in [6, 6.07) is 30.9. The molecule has 0 aliphatic rings. The predicted molar refractivity (Wildman–Crippen MR) is 115 cm³/mol. The lowest BCUT2D eigenvalue weighted by Crippen LogP contribution is -1.94. The number of hydrogen-bond donors (Lipinski definition) is 1. The average Bonchev–Trinajstić information content (AvgIpc) is 2.75. The van der Waals surface area contributed by atoms with Crippen LogP contribution in [0.2, 0.25) is 0 Å². The molecule has 1 N–H and O–H groups in total. The molecule has 0 aliphatic carbocycles. The Kier molecular flexibility index (Phi) is 6.78. The Bertz CT molecular complexity index is 877. The molecule has 0 fully saturated rings.